The van der Waals surface area contributed by atoms with Crippen molar-refractivity contribution in [1.29, 1.82) is 0 Å². The van der Waals surface area contributed by atoms with E-state index in [0.717, 1.165) is 11.8 Å². The molecule has 0 amide bonds. The fraction of sp³-hybridized carbons (Fsp3) is 0.583. The maximum Gasteiger partial charge on any atom is 0.247 e. The molecule has 0 aromatic carbocycles. The van der Waals surface area contributed by atoms with Crippen LogP contribution in [0.4, 0.5) is 10.3 Å². The third-order valence-electron chi connectivity index (χ3n) is 3.44. The number of ether oxygens (including phenoxy) is 1. The number of aromatic nitrogens is 4. The van der Waals surface area contributed by atoms with Crippen LogP contribution in [0.25, 0.3) is 11.2 Å². The molecule has 4 atom stereocenters. The van der Waals surface area contributed by atoms with Gasteiger partial charge in [-0.25, -0.2) is 9.37 Å². The van der Waals surface area contributed by atoms with Gasteiger partial charge in [-0.3, -0.25) is 4.57 Å². The number of nitrogens with two attached hydrogens (primary N) is 1. The normalized spacial score (nSPS) is 28.4. The van der Waals surface area contributed by atoms with E-state index in [9.17, 15) is 14.6 Å². The molecule has 3 heterocycles. The van der Waals surface area contributed by atoms with Crippen molar-refractivity contribution in [2.24, 2.45) is 0 Å². The summed E-state index contributed by atoms with van der Waals surface area (Å²) in [6.45, 7) is 1.87. The second-order valence-electron chi connectivity index (χ2n) is 4.83. The minimum absolute atomic E-state index is 0.00429. The van der Waals surface area contributed by atoms with Gasteiger partial charge >= 0.3 is 0 Å². The van der Waals surface area contributed by atoms with E-state index < -0.39 is 22.9 Å². The fourth-order valence-corrected chi connectivity index (χ4v) is 3.76. The summed E-state index contributed by atoms with van der Waals surface area (Å²) in [7, 11) is 0. The first kappa shape index (κ1) is 15.3. The highest BCUT2D eigenvalue weighted by Gasteiger charge is 2.45. The van der Waals surface area contributed by atoms with Crippen LogP contribution >= 0.6 is 11.8 Å². The van der Waals surface area contributed by atoms with Crippen molar-refractivity contribution in [3.05, 3.63) is 6.33 Å². The first-order valence-electron chi connectivity index (χ1n) is 6.78. The van der Waals surface area contributed by atoms with Crippen molar-refractivity contribution in [2.45, 2.75) is 29.8 Å². The number of fused-ring (bicyclic) bond motifs is 1. The van der Waals surface area contributed by atoms with E-state index in [-0.39, 0.29) is 18.4 Å². The van der Waals surface area contributed by atoms with Gasteiger partial charge in [-0.05, 0) is 6.92 Å². The van der Waals surface area contributed by atoms with E-state index in [0.29, 0.717) is 17.8 Å². The third kappa shape index (κ3) is 2.36. The zero-order valence-corrected chi connectivity index (χ0v) is 12.6. The van der Waals surface area contributed by atoms with Gasteiger partial charge in [0, 0.05) is 0 Å². The fourth-order valence-electron chi connectivity index (χ4n) is 2.41. The molecule has 10 heteroatoms. The van der Waals surface area contributed by atoms with Gasteiger partial charge in [-0.1, -0.05) is 0 Å². The Balaban J connectivity index is 2.05. The number of nitrogens with zero attached hydrogens (tertiary/aromatic N) is 4. The Morgan fingerprint density at radius 1 is 1.50 bits per heavy atom. The third-order valence-corrected chi connectivity index (χ3v) is 4.98. The lowest BCUT2D eigenvalue weighted by Gasteiger charge is -2.15. The second-order valence-corrected chi connectivity index (χ2v) is 6.19. The zero-order chi connectivity index (χ0) is 15.9. The van der Waals surface area contributed by atoms with Gasteiger partial charge in [0.1, 0.15) is 11.5 Å². The first-order chi connectivity index (χ1) is 10.6. The van der Waals surface area contributed by atoms with Crippen molar-refractivity contribution in [3.63, 3.8) is 0 Å². The molecule has 22 heavy (non-hydrogen) atoms. The summed E-state index contributed by atoms with van der Waals surface area (Å²) in [6.07, 6.45) is -1.38. The first-order valence-corrected chi connectivity index (χ1v) is 7.72. The van der Waals surface area contributed by atoms with Gasteiger partial charge < -0.3 is 20.7 Å². The highest BCUT2D eigenvalue weighted by Crippen LogP contribution is 2.44. The van der Waals surface area contributed by atoms with Crippen molar-refractivity contribution in [1.82, 2.24) is 19.5 Å². The molecule has 8 nitrogen and oxygen atoms in total. The summed E-state index contributed by atoms with van der Waals surface area (Å²) in [5, 5.41) is 17.7. The Morgan fingerprint density at radius 3 is 2.91 bits per heavy atom. The summed E-state index contributed by atoms with van der Waals surface area (Å²) >= 11 is 1.13. The average molecular weight is 329 g/mol. The number of alkyl halides is 1. The number of thioether (sulfide) groups is 1. The predicted octanol–water partition coefficient (Wildman–Crippen LogP) is 0.113. The Kier molecular flexibility index (Phi) is 4.06. The smallest absolute Gasteiger partial charge is 0.247 e. The Bertz CT molecular complexity index is 684. The summed E-state index contributed by atoms with van der Waals surface area (Å²) < 4.78 is 21.2. The van der Waals surface area contributed by atoms with Crippen LogP contribution in [0.15, 0.2) is 6.33 Å². The molecule has 4 N–H and O–H groups in total. The number of hydrogen-bond acceptors (Lipinski definition) is 8. The van der Waals surface area contributed by atoms with E-state index in [2.05, 4.69) is 15.0 Å². The standard InChI is InChI=1S/C12H16FN5O3S/c1-2-21-10-7-9(16-12(14)17-10)18(4-15-7)11-6(13)8(20)5(3-19)22-11/h4-6,8,11,19-20H,2-3H2,1H3,(H2,14,16,17)/t5-,6+,8+,11-/m0/s1. The lowest BCUT2D eigenvalue weighted by molar-refractivity contribution is 0.0642. The monoisotopic (exact) mass is 329 g/mol. The molecule has 0 saturated carbocycles. The van der Waals surface area contributed by atoms with Crippen molar-refractivity contribution in [3.8, 4) is 5.88 Å². The molecule has 0 bridgehead atoms. The summed E-state index contributed by atoms with van der Waals surface area (Å²) in [5.41, 5.74) is 6.38. The molecule has 1 aliphatic heterocycles. The van der Waals surface area contributed by atoms with Crippen LogP contribution in [0.3, 0.4) is 0 Å². The lowest BCUT2D eigenvalue weighted by atomic mass is 10.1. The molecule has 120 valence electrons. The minimum Gasteiger partial charge on any atom is -0.476 e. The molecule has 0 unspecified atom stereocenters. The maximum atomic E-state index is 14.3. The Labute approximate surface area is 129 Å². The highest BCUT2D eigenvalue weighted by molar-refractivity contribution is 8.00. The molecule has 2 aromatic heterocycles. The van der Waals surface area contributed by atoms with Crippen LogP contribution in [0.2, 0.25) is 0 Å². The molecule has 3 rings (SSSR count). The van der Waals surface area contributed by atoms with Gasteiger partial charge in [-0.2, -0.15) is 9.97 Å². The molecule has 0 spiro atoms. The molecular formula is C12H16FN5O3S. The topological polar surface area (TPSA) is 119 Å². The van der Waals surface area contributed by atoms with E-state index in [1.807, 2.05) is 0 Å². The quantitative estimate of drug-likeness (QED) is 0.723. The lowest BCUT2D eigenvalue weighted by Crippen LogP contribution is -2.29. The SMILES string of the molecule is CCOc1nc(N)nc2c1ncn2[C@H]1S[C@@H](CO)[C@@H](O)[C@H]1F. The Hall–Kier alpha value is -1.65. The van der Waals surface area contributed by atoms with Crippen LogP contribution in [0.5, 0.6) is 5.88 Å². The zero-order valence-electron chi connectivity index (χ0n) is 11.8. The summed E-state index contributed by atoms with van der Waals surface area (Å²) in [5.74, 6) is 0.233. The van der Waals surface area contributed by atoms with Crippen molar-refractivity contribution < 1.29 is 19.3 Å². The molecule has 0 aliphatic carbocycles. The average Bonchev–Trinajstić information content (AvgIpc) is 3.02. The summed E-state index contributed by atoms with van der Waals surface area (Å²) in [4.78, 5) is 12.2. The van der Waals surface area contributed by atoms with Gasteiger partial charge in [-0.15, -0.1) is 11.8 Å². The van der Waals surface area contributed by atoms with E-state index >= 15 is 0 Å². The number of halogens is 1. The number of aliphatic hydroxyl groups excluding tert-OH is 2. The van der Waals surface area contributed by atoms with Crippen LogP contribution in [-0.4, -0.2) is 60.5 Å². The van der Waals surface area contributed by atoms with Gasteiger partial charge in [0.15, 0.2) is 17.3 Å². The number of aliphatic hydroxyl groups is 2. The molecule has 1 saturated heterocycles. The van der Waals surface area contributed by atoms with Crippen molar-refractivity contribution >= 4 is 28.9 Å². The molecular weight excluding hydrogens is 313 g/mol. The van der Waals surface area contributed by atoms with E-state index in [1.165, 1.54) is 10.9 Å². The summed E-state index contributed by atoms with van der Waals surface area (Å²) in [6, 6.07) is 0. The van der Waals surface area contributed by atoms with Crippen LogP contribution < -0.4 is 10.5 Å². The van der Waals surface area contributed by atoms with Crippen LogP contribution in [0, 0.1) is 0 Å². The Morgan fingerprint density at radius 2 is 2.27 bits per heavy atom. The van der Waals surface area contributed by atoms with E-state index in [1.54, 1.807) is 6.92 Å². The van der Waals surface area contributed by atoms with Crippen molar-refractivity contribution in [2.75, 3.05) is 18.9 Å². The molecule has 1 aliphatic rings. The number of hydrogen-bond donors (Lipinski definition) is 3. The second kappa shape index (κ2) is 5.86. The molecule has 0 radical (unpaired) electrons. The molecule has 1 fully saturated rings. The number of nitrogen functional groups attached to an aromatic ring is 1. The number of imidazole rings is 1. The molecule has 2 aromatic rings. The minimum atomic E-state index is -1.55. The number of anilines is 1. The van der Waals surface area contributed by atoms with Gasteiger partial charge in [0.25, 0.3) is 0 Å². The predicted molar refractivity (Wildman–Crippen MR) is 79.3 cm³/mol. The van der Waals surface area contributed by atoms with Crippen LogP contribution in [0.1, 0.15) is 12.3 Å². The number of rotatable bonds is 4. The van der Waals surface area contributed by atoms with Gasteiger partial charge in [0.05, 0.1) is 24.8 Å². The van der Waals surface area contributed by atoms with Crippen LogP contribution in [-0.2, 0) is 0 Å². The largest absolute Gasteiger partial charge is 0.476 e. The highest BCUT2D eigenvalue weighted by atomic mass is 32.2. The maximum absolute atomic E-state index is 14.3. The van der Waals surface area contributed by atoms with Gasteiger partial charge in [0.2, 0.25) is 11.8 Å². The van der Waals surface area contributed by atoms with E-state index in [4.69, 9.17) is 10.5 Å².